The fourth-order valence-electron chi connectivity index (χ4n) is 2.85. The van der Waals surface area contributed by atoms with Crippen LogP contribution in [0, 0.1) is 0 Å². The molecule has 0 aromatic carbocycles. The summed E-state index contributed by atoms with van der Waals surface area (Å²) in [4.78, 5) is 9.12. The highest BCUT2D eigenvalue weighted by atomic mass is 16.3. The Hall–Kier alpha value is -0.810. The van der Waals surface area contributed by atoms with Crippen LogP contribution in [0.4, 0.5) is 0 Å². The number of rotatable bonds is 4. The van der Waals surface area contributed by atoms with E-state index < -0.39 is 0 Å². The van der Waals surface area contributed by atoms with Crippen LogP contribution in [0.5, 0.6) is 0 Å². The van der Waals surface area contributed by atoms with Crippen molar-refractivity contribution < 1.29 is 5.11 Å². The Morgan fingerprint density at radius 2 is 1.79 bits per heavy atom. The Balaban J connectivity index is 1.60. The van der Waals surface area contributed by atoms with Gasteiger partial charge in [-0.1, -0.05) is 0 Å². The van der Waals surface area contributed by atoms with Gasteiger partial charge in [0.05, 0.1) is 6.10 Å². The molecule has 0 atom stereocenters. The summed E-state index contributed by atoms with van der Waals surface area (Å²) in [5.41, 5.74) is 6.02. The van der Waals surface area contributed by atoms with Crippen molar-refractivity contribution in [1.82, 2.24) is 9.80 Å². The molecule has 0 bridgehead atoms. The highest BCUT2D eigenvalue weighted by Crippen LogP contribution is 2.10. The molecule has 0 spiro atoms. The molecule has 2 aliphatic rings. The van der Waals surface area contributed by atoms with Crippen molar-refractivity contribution in [2.75, 3.05) is 39.3 Å². The number of aliphatic imine (C=N–C) groups is 1. The van der Waals surface area contributed by atoms with Crippen LogP contribution in [0.25, 0.3) is 0 Å². The van der Waals surface area contributed by atoms with Gasteiger partial charge in [-0.2, -0.15) is 0 Å². The molecular weight excluding hydrogens is 240 g/mol. The van der Waals surface area contributed by atoms with Crippen LogP contribution in [-0.2, 0) is 0 Å². The molecule has 19 heavy (non-hydrogen) atoms. The quantitative estimate of drug-likeness (QED) is 0.446. The van der Waals surface area contributed by atoms with Crippen molar-refractivity contribution in [1.29, 1.82) is 0 Å². The van der Waals surface area contributed by atoms with Crippen molar-refractivity contribution in [3.8, 4) is 0 Å². The number of piperidine rings is 2. The largest absolute Gasteiger partial charge is 0.393 e. The van der Waals surface area contributed by atoms with Gasteiger partial charge in [0.1, 0.15) is 0 Å². The van der Waals surface area contributed by atoms with Crippen molar-refractivity contribution in [2.45, 2.75) is 44.6 Å². The van der Waals surface area contributed by atoms with Gasteiger partial charge in [-0.15, -0.1) is 0 Å². The van der Waals surface area contributed by atoms with Gasteiger partial charge in [-0.05, 0) is 45.1 Å². The summed E-state index contributed by atoms with van der Waals surface area (Å²) in [6, 6.07) is 0. The first-order chi connectivity index (χ1) is 9.25. The van der Waals surface area contributed by atoms with E-state index in [1.807, 2.05) is 0 Å². The van der Waals surface area contributed by atoms with Crippen LogP contribution in [0.3, 0.4) is 0 Å². The molecule has 0 unspecified atom stereocenters. The van der Waals surface area contributed by atoms with Crippen LogP contribution >= 0.6 is 0 Å². The molecular formula is C14H28N4O. The standard InChI is InChI=1S/C14H28N4O/c15-14(18-9-2-1-3-10-18)16-7-4-8-17-11-5-13(19)6-12-17/h13,19H,1-12H2,(H2,15,16). The third-order valence-electron chi connectivity index (χ3n) is 4.14. The normalized spacial score (nSPS) is 23.8. The Bertz CT molecular complexity index is 281. The Morgan fingerprint density at radius 1 is 1.11 bits per heavy atom. The van der Waals surface area contributed by atoms with Crippen LogP contribution in [-0.4, -0.2) is 66.2 Å². The summed E-state index contributed by atoms with van der Waals surface area (Å²) in [7, 11) is 0. The number of likely N-dealkylation sites (tertiary alicyclic amines) is 2. The number of nitrogens with two attached hydrogens (primary N) is 1. The minimum Gasteiger partial charge on any atom is -0.393 e. The van der Waals surface area contributed by atoms with Gasteiger partial charge in [0.2, 0.25) is 0 Å². The first kappa shape index (κ1) is 14.6. The van der Waals surface area contributed by atoms with E-state index in [1.165, 1.54) is 19.3 Å². The third kappa shape index (κ3) is 4.99. The smallest absolute Gasteiger partial charge is 0.191 e. The average Bonchev–Trinajstić information content (AvgIpc) is 2.46. The Labute approximate surface area is 116 Å². The van der Waals surface area contributed by atoms with E-state index in [4.69, 9.17) is 5.73 Å². The number of guanidine groups is 1. The monoisotopic (exact) mass is 268 g/mol. The van der Waals surface area contributed by atoms with Gasteiger partial charge in [-0.3, -0.25) is 4.99 Å². The molecule has 0 aliphatic carbocycles. The maximum absolute atomic E-state index is 9.44. The molecule has 0 aromatic heterocycles. The summed E-state index contributed by atoms with van der Waals surface area (Å²) in [5, 5.41) is 9.44. The second kappa shape index (κ2) is 7.70. The molecule has 0 radical (unpaired) electrons. The molecule has 5 heteroatoms. The lowest BCUT2D eigenvalue weighted by atomic mass is 10.1. The Kier molecular flexibility index (Phi) is 5.92. The molecule has 0 amide bonds. The molecule has 2 heterocycles. The molecule has 110 valence electrons. The molecule has 2 aliphatic heterocycles. The highest BCUT2D eigenvalue weighted by Gasteiger charge is 2.16. The van der Waals surface area contributed by atoms with Gasteiger partial charge in [-0.25, -0.2) is 0 Å². The zero-order chi connectivity index (χ0) is 13.5. The predicted molar refractivity (Wildman–Crippen MR) is 78.2 cm³/mol. The predicted octanol–water partition coefficient (Wildman–Crippen LogP) is 0.634. The van der Waals surface area contributed by atoms with E-state index in [9.17, 15) is 5.11 Å². The van der Waals surface area contributed by atoms with Gasteiger partial charge >= 0.3 is 0 Å². The highest BCUT2D eigenvalue weighted by molar-refractivity contribution is 5.78. The number of aliphatic hydroxyl groups excluding tert-OH is 1. The van der Waals surface area contributed by atoms with Crippen LogP contribution < -0.4 is 5.73 Å². The van der Waals surface area contributed by atoms with Crippen LogP contribution in [0.15, 0.2) is 4.99 Å². The molecule has 2 saturated heterocycles. The fraction of sp³-hybridized carbons (Fsp3) is 0.929. The van der Waals surface area contributed by atoms with Crippen LogP contribution in [0.1, 0.15) is 38.5 Å². The second-order valence-electron chi connectivity index (χ2n) is 5.71. The summed E-state index contributed by atoms with van der Waals surface area (Å²) >= 11 is 0. The summed E-state index contributed by atoms with van der Waals surface area (Å²) in [6.45, 7) is 6.07. The first-order valence-corrected chi connectivity index (χ1v) is 7.71. The van der Waals surface area contributed by atoms with Gasteiger partial charge in [0, 0.05) is 32.7 Å². The molecule has 0 aromatic rings. The molecule has 5 nitrogen and oxygen atoms in total. The third-order valence-corrected chi connectivity index (χ3v) is 4.14. The fourth-order valence-corrected chi connectivity index (χ4v) is 2.85. The number of nitrogens with zero attached hydrogens (tertiary/aromatic N) is 3. The Morgan fingerprint density at radius 3 is 2.47 bits per heavy atom. The van der Waals surface area contributed by atoms with E-state index in [0.717, 1.165) is 64.5 Å². The average molecular weight is 268 g/mol. The molecule has 3 N–H and O–H groups in total. The zero-order valence-electron chi connectivity index (χ0n) is 11.9. The maximum Gasteiger partial charge on any atom is 0.191 e. The lowest BCUT2D eigenvalue weighted by molar-refractivity contribution is 0.0824. The second-order valence-corrected chi connectivity index (χ2v) is 5.71. The SMILES string of the molecule is NC(=NCCCN1CCC(O)CC1)N1CCCCC1. The number of hydrogen-bond acceptors (Lipinski definition) is 3. The van der Waals surface area contributed by atoms with Crippen molar-refractivity contribution in [3.63, 3.8) is 0 Å². The molecule has 2 fully saturated rings. The molecule has 2 rings (SSSR count). The minimum atomic E-state index is -0.0796. The lowest BCUT2D eigenvalue weighted by Gasteiger charge is -2.29. The van der Waals surface area contributed by atoms with E-state index in [0.29, 0.717) is 0 Å². The van der Waals surface area contributed by atoms with Crippen LogP contribution in [0.2, 0.25) is 0 Å². The summed E-state index contributed by atoms with van der Waals surface area (Å²) in [5.74, 6) is 0.730. The van der Waals surface area contributed by atoms with Gasteiger partial charge in [0.15, 0.2) is 5.96 Å². The summed E-state index contributed by atoms with van der Waals surface area (Å²) < 4.78 is 0. The number of aliphatic hydroxyl groups is 1. The van der Waals surface area contributed by atoms with Crippen molar-refractivity contribution in [2.24, 2.45) is 10.7 Å². The lowest BCUT2D eigenvalue weighted by Crippen LogP contribution is -2.41. The van der Waals surface area contributed by atoms with E-state index in [1.54, 1.807) is 0 Å². The topological polar surface area (TPSA) is 65.1 Å². The minimum absolute atomic E-state index is 0.0796. The molecule has 0 saturated carbocycles. The van der Waals surface area contributed by atoms with E-state index in [-0.39, 0.29) is 6.10 Å². The summed E-state index contributed by atoms with van der Waals surface area (Å²) in [6.07, 6.45) is 6.62. The van der Waals surface area contributed by atoms with Gasteiger partial charge < -0.3 is 20.6 Å². The number of hydrogen-bond donors (Lipinski definition) is 2. The first-order valence-electron chi connectivity index (χ1n) is 7.71. The van der Waals surface area contributed by atoms with Gasteiger partial charge in [0.25, 0.3) is 0 Å². The van der Waals surface area contributed by atoms with E-state index >= 15 is 0 Å². The van der Waals surface area contributed by atoms with Crippen molar-refractivity contribution >= 4 is 5.96 Å². The zero-order valence-corrected chi connectivity index (χ0v) is 11.9. The maximum atomic E-state index is 9.44. The van der Waals surface area contributed by atoms with E-state index in [2.05, 4.69) is 14.8 Å². The van der Waals surface area contributed by atoms with Crippen molar-refractivity contribution in [3.05, 3.63) is 0 Å².